The molecule has 0 amide bonds. The highest BCUT2D eigenvalue weighted by molar-refractivity contribution is 5.05. The maximum Gasteiger partial charge on any atom is 0.0648 e. The molecule has 1 saturated carbocycles. The zero-order valence-corrected chi connectivity index (χ0v) is 12.7. The molecule has 0 aromatic rings. The molecule has 2 atom stereocenters. The first-order valence-electron chi connectivity index (χ1n) is 8.27. The van der Waals surface area contributed by atoms with Gasteiger partial charge >= 0.3 is 0 Å². The number of rotatable bonds is 2. The standard InChI is InChI=1S/C16H30N2O/c1-3-14-11-17-16(7-5-4-6-8-16)12-18(14)15(2)9-10-19-13-15/h14,17H,3-13H2,1-2H3. The molecule has 3 nitrogen and oxygen atoms in total. The van der Waals surface area contributed by atoms with Crippen LogP contribution in [-0.2, 0) is 4.74 Å². The third-order valence-electron chi connectivity index (χ3n) is 5.80. The Labute approximate surface area is 118 Å². The molecule has 0 radical (unpaired) electrons. The predicted octanol–water partition coefficient (Wildman–Crippen LogP) is 2.55. The molecule has 0 aromatic carbocycles. The van der Waals surface area contributed by atoms with Gasteiger partial charge in [-0.25, -0.2) is 0 Å². The molecule has 3 rings (SSSR count). The summed E-state index contributed by atoms with van der Waals surface area (Å²) in [6, 6.07) is 0.694. The van der Waals surface area contributed by atoms with Crippen LogP contribution in [0.3, 0.4) is 0 Å². The smallest absolute Gasteiger partial charge is 0.0648 e. The lowest BCUT2D eigenvalue weighted by molar-refractivity contribution is -0.0249. The largest absolute Gasteiger partial charge is 0.379 e. The average molecular weight is 266 g/mol. The first-order valence-corrected chi connectivity index (χ1v) is 8.27. The molecule has 1 N–H and O–H groups in total. The second-order valence-corrected chi connectivity index (χ2v) is 7.21. The fraction of sp³-hybridized carbons (Fsp3) is 1.00. The van der Waals surface area contributed by atoms with E-state index < -0.39 is 0 Å². The van der Waals surface area contributed by atoms with Crippen LogP contribution < -0.4 is 5.32 Å². The highest BCUT2D eigenvalue weighted by Crippen LogP contribution is 2.37. The highest BCUT2D eigenvalue weighted by atomic mass is 16.5. The van der Waals surface area contributed by atoms with Gasteiger partial charge in [0.1, 0.15) is 0 Å². The maximum absolute atomic E-state index is 5.72. The summed E-state index contributed by atoms with van der Waals surface area (Å²) in [6.45, 7) is 9.04. The van der Waals surface area contributed by atoms with E-state index in [1.165, 1.54) is 58.0 Å². The second kappa shape index (κ2) is 5.34. The minimum Gasteiger partial charge on any atom is -0.379 e. The number of ether oxygens (including phenoxy) is 1. The van der Waals surface area contributed by atoms with Gasteiger partial charge < -0.3 is 10.1 Å². The van der Waals surface area contributed by atoms with Gasteiger partial charge in [-0.1, -0.05) is 26.2 Å². The van der Waals surface area contributed by atoms with Crippen molar-refractivity contribution < 1.29 is 4.74 Å². The molecule has 3 heteroatoms. The van der Waals surface area contributed by atoms with E-state index in [1.807, 2.05) is 0 Å². The molecule has 110 valence electrons. The number of nitrogens with one attached hydrogen (secondary N) is 1. The summed E-state index contributed by atoms with van der Waals surface area (Å²) in [5, 5.41) is 3.92. The molecule has 3 aliphatic rings. The summed E-state index contributed by atoms with van der Waals surface area (Å²) in [5.74, 6) is 0. The molecule has 3 fully saturated rings. The van der Waals surface area contributed by atoms with Crippen molar-refractivity contribution in [3.05, 3.63) is 0 Å². The van der Waals surface area contributed by atoms with Crippen molar-refractivity contribution in [1.82, 2.24) is 10.2 Å². The molecule has 1 aliphatic carbocycles. The minimum absolute atomic E-state index is 0.285. The SMILES string of the molecule is CCC1CNC2(CCCCC2)CN1C1(C)CCOC1. The van der Waals surface area contributed by atoms with Gasteiger partial charge in [0.05, 0.1) is 6.61 Å². The second-order valence-electron chi connectivity index (χ2n) is 7.21. The Balaban J connectivity index is 1.77. The number of nitrogens with zero attached hydrogens (tertiary/aromatic N) is 1. The van der Waals surface area contributed by atoms with Crippen molar-refractivity contribution in [2.75, 3.05) is 26.3 Å². The Hall–Kier alpha value is -0.120. The van der Waals surface area contributed by atoms with E-state index in [1.54, 1.807) is 0 Å². The van der Waals surface area contributed by atoms with Crippen LogP contribution in [-0.4, -0.2) is 48.3 Å². The molecule has 2 unspecified atom stereocenters. The van der Waals surface area contributed by atoms with Crippen molar-refractivity contribution in [3.8, 4) is 0 Å². The van der Waals surface area contributed by atoms with Gasteiger partial charge in [0.2, 0.25) is 0 Å². The lowest BCUT2D eigenvalue weighted by Crippen LogP contribution is -2.69. The van der Waals surface area contributed by atoms with E-state index in [9.17, 15) is 0 Å². The lowest BCUT2D eigenvalue weighted by Gasteiger charge is -2.54. The van der Waals surface area contributed by atoms with Gasteiger partial charge in [-0.15, -0.1) is 0 Å². The Morgan fingerprint density at radius 3 is 2.63 bits per heavy atom. The average Bonchev–Trinajstić information content (AvgIpc) is 2.88. The molecule has 2 heterocycles. The van der Waals surface area contributed by atoms with Gasteiger partial charge in [-0.2, -0.15) is 0 Å². The van der Waals surface area contributed by atoms with Crippen molar-refractivity contribution in [2.24, 2.45) is 0 Å². The Morgan fingerprint density at radius 1 is 1.21 bits per heavy atom. The normalized spacial score (nSPS) is 39.8. The van der Waals surface area contributed by atoms with Crippen LogP contribution >= 0.6 is 0 Å². The summed E-state index contributed by atoms with van der Waals surface area (Å²) in [7, 11) is 0. The Kier molecular flexibility index (Phi) is 3.89. The predicted molar refractivity (Wildman–Crippen MR) is 78.4 cm³/mol. The van der Waals surface area contributed by atoms with Crippen LogP contribution in [0, 0.1) is 0 Å². The molecule has 19 heavy (non-hydrogen) atoms. The van der Waals surface area contributed by atoms with Crippen LogP contribution in [0.25, 0.3) is 0 Å². The van der Waals surface area contributed by atoms with Crippen molar-refractivity contribution in [2.45, 2.75) is 75.9 Å². The molecule has 0 aromatic heterocycles. The molecule has 0 bridgehead atoms. The molecule has 1 spiro atoms. The van der Waals surface area contributed by atoms with Crippen LogP contribution in [0.5, 0.6) is 0 Å². The van der Waals surface area contributed by atoms with E-state index in [0.717, 1.165) is 13.2 Å². The van der Waals surface area contributed by atoms with Crippen LogP contribution in [0.2, 0.25) is 0 Å². The van der Waals surface area contributed by atoms with E-state index in [4.69, 9.17) is 4.74 Å². The van der Waals surface area contributed by atoms with Crippen LogP contribution in [0.1, 0.15) is 58.8 Å². The third kappa shape index (κ3) is 2.57. The highest BCUT2D eigenvalue weighted by Gasteiger charge is 2.47. The van der Waals surface area contributed by atoms with Crippen LogP contribution in [0.15, 0.2) is 0 Å². The van der Waals surface area contributed by atoms with Gasteiger partial charge in [0.25, 0.3) is 0 Å². The van der Waals surface area contributed by atoms with Gasteiger partial charge in [-0.3, -0.25) is 4.90 Å². The Bertz CT molecular complexity index is 306. The monoisotopic (exact) mass is 266 g/mol. The van der Waals surface area contributed by atoms with Crippen molar-refractivity contribution in [1.29, 1.82) is 0 Å². The summed E-state index contributed by atoms with van der Waals surface area (Å²) >= 11 is 0. The van der Waals surface area contributed by atoms with Gasteiger partial charge in [0.15, 0.2) is 0 Å². The molecular weight excluding hydrogens is 236 g/mol. The summed E-state index contributed by atoms with van der Waals surface area (Å²) < 4.78 is 5.72. The summed E-state index contributed by atoms with van der Waals surface area (Å²) in [6.07, 6.45) is 9.45. The maximum atomic E-state index is 5.72. The van der Waals surface area contributed by atoms with Crippen molar-refractivity contribution >= 4 is 0 Å². The van der Waals surface area contributed by atoms with Gasteiger partial charge in [-0.05, 0) is 32.6 Å². The minimum atomic E-state index is 0.285. The molecule has 2 saturated heterocycles. The lowest BCUT2D eigenvalue weighted by atomic mass is 9.77. The first-order chi connectivity index (χ1) is 9.18. The molecule has 2 aliphatic heterocycles. The summed E-state index contributed by atoms with van der Waals surface area (Å²) in [5.41, 5.74) is 0.697. The van der Waals surface area contributed by atoms with E-state index in [2.05, 4.69) is 24.1 Å². The topological polar surface area (TPSA) is 24.5 Å². The number of piperazine rings is 1. The fourth-order valence-corrected chi connectivity index (χ4v) is 4.40. The zero-order chi connectivity index (χ0) is 13.3. The number of hydrogen-bond donors (Lipinski definition) is 1. The summed E-state index contributed by atoms with van der Waals surface area (Å²) in [4.78, 5) is 2.81. The first kappa shape index (κ1) is 13.8. The number of hydrogen-bond acceptors (Lipinski definition) is 3. The zero-order valence-electron chi connectivity index (χ0n) is 12.7. The van der Waals surface area contributed by atoms with E-state index in [0.29, 0.717) is 11.6 Å². The quantitative estimate of drug-likeness (QED) is 0.831. The van der Waals surface area contributed by atoms with Crippen LogP contribution in [0.4, 0.5) is 0 Å². The van der Waals surface area contributed by atoms with E-state index >= 15 is 0 Å². The third-order valence-corrected chi connectivity index (χ3v) is 5.80. The van der Waals surface area contributed by atoms with E-state index in [-0.39, 0.29) is 5.54 Å². The molecular formula is C16H30N2O. The van der Waals surface area contributed by atoms with Gasteiger partial charge in [0, 0.05) is 36.8 Å². The van der Waals surface area contributed by atoms with Crippen molar-refractivity contribution in [3.63, 3.8) is 0 Å². The Morgan fingerprint density at radius 2 is 2.00 bits per heavy atom. The fourth-order valence-electron chi connectivity index (χ4n) is 4.40.